The van der Waals surface area contributed by atoms with Gasteiger partial charge in [-0.3, -0.25) is 9.78 Å². The van der Waals surface area contributed by atoms with E-state index in [2.05, 4.69) is 4.98 Å². The van der Waals surface area contributed by atoms with Gasteiger partial charge < -0.3 is 15.6 Å². The second-order valence-electron chi connectivity index (χ2n) is 6.18. The van der Waals surface area contributed by atoms with Crippen molar-refractivity contribution in [3.8, 4) is 16.9 Å². The second kappa shape index (κ2) is 8.47. The third kappa shape index (κ3) is 3.83. The van der Waals surface area contributed by atoms with Crippen molar-refractivity contribution in [3.05, 3.63) is 83.7 Å². The Morgan fingerprint density at radius 1 is 1.11 bits per heavy atom. The van der Waals surface area contributed by atoms with E-state index in [9.17, 15) is 9.90 Å². The number of amides is 1. The van der Waals surface area contributed by atoms with E-state index >= 15 is 0 Å². The van der Waals surface area contributed by atoms with E-state index in [-0.39, 0.29) is 12.5 Å². The first-order chi connectivity index (χ1) is 13.2. The Hall–Kier alpha value is -3.18. The maximum Gasteiger partial charge on any atom is 0.252 e. The van der Waals surface area contributed by atoms with Crippen molar-refractivity contribution in [3.63, 3.8) is 0 Å². The van der Waals surface area contributed by atoms with Crippen molar-refractivity contribution < 1.29 is 14.6 Å². The Kier molecular flexibility index (Phi) is 5.84. The monoisotopic (exact) mass is 362 g/mol. The van der Waals surface area contributed by atoms with Crippen molar-refractivity contribution in [2.45, 2.75) is 12.3 Å². The van der Waals surface area contributed by atoms with Crippen LogP contribution in [-0.4, -0.2) is 29.7 Å². The normalized spacial score (nSPS) is 11.8. The van der Waals surface area contributed by atoms with Crippen LogP contribution in [0.5, 0.6) is 5.75 Å². The van der Waals surface area contributed by atoms with Crippen LogP contribution in [0, 0.1) is 0 Å². The SMILES string of the molecule is COc1c(C(N)=O)ccc(-c2ccncc2)c1[C@H](CCO)c1ccccc1. The number of ether oxygens (including phenoxy) is 1. The molecule has 138 valence electrons. The fourth-order valence-corrected chi connectivity index (χ4v) is 3.43. The number of aliphatic hydroxyl groups excluding tert-OH is 1. The second-order valence-corrected chi connectivity index (χ2v) is 6.18. The van der Waals surface area contributed by atoms with Gasteiger partial charge in [-0.25, -0.2) is 0 Å². The number of carbonyl (C=O) groups is 1. The summed E-state index contributed by atoms with van der Waals surface area (Å²) in [7, 11) is 1.53. The molecule has 0 saturated carbocycles. The third-order valence-corrected chi connectivity index (χ3v) is 4.63. The Morgan fingerprint density at radius 3 is 2.41 bits per heavy atom. The first-order valence-corrected chi connectivity index (χ1v) is 8.74. The molecule has 5 nitrogen and oxygen atoms in total. The first-order valence-electron chi connectivity index (χ1n) is 8.74. The summed E-state index contributed by atoms with van der Waals surface area (Å²) in [6.45, 7) is -0.000695. The van der Waals surface area contributed by atoms with Crippen LogP contribution < -0.4 is 10.5 Å². The van der Waals surface area contributed by atoms with Gasteiger partial charge in [0.15, 0.2) is 0 Å². The van der Waals surface area contributed by atoms with Gasteiger partial charge in [-0.15, -0.1) is 0 Å². The highest BCUT2D eigenvalue weighted by molar-refractivity contribution is 5.97. The number of nitrogens with zero attached hydrogens (tertiary/aromatic N) is 1. The van der Waals surface area contributed by atoms with Gasteiger partial charge in [0.25, 0.3) is 5.91 Å². The van der Waals surface area contributed by atoms with E-state index in [0.29, 0.717) is 17.7 Å². The lowest BCUT2D eigenvalue weighted by molar-refractivity contribution is 0.0997. The molecule has 0 radical (unpaired) electrons. The van der Waals surface area contributed by atoms with Crippen LogP contribution in [0.15, 0.2) is 67.0 Å². The Bertz CT molecular complexity index is 912. The summed E-state index contributed by atoms with van der Waals surface area (Å²) in [4.78, 5) is 16.1. The molecule has 0 spiro atoms. The molecule has 0 aliphatic carbocycles. The quantitative estimate of drug-likeness (QED) is 0.675. The molecule has 0 aliphatic rings. The number of methoxy groups -OCH3 is 1. The van der Waals surface area contributed by atoms with E-state index in [1.165, 1.54) is 7.11 Å². The molecule has 0 unspecified atom stereocenters. The number of rotatable bonds is 7. The maximum absolute atomic E-state index is 12.0. The molecular formula is C22H22N2O3. The zero-order chi connectivity index (χ0) is 19.2. The number of primary amides is 1. The lowest BCUT2D eigenvalue weighted by atomic mass is 9.82. The van der Waals surface area contributed by atoms with E-state index < -0.39 is 5.91 Å². The average molecular weight is 362 g/mol. The predicted molar refractivity (Wildman–Crippen MR) is 105 cm³/mol. The number of benzene rings is 2. The molecule has 0 bridgehead atoms. The number of carbonyl (C=O) groups excluding carboxylic acids is 1. The molecule has 3 rings (SSSR count). The van der Waals surface area contributed by atoms with Crippen LogP contribution >= 0.6 is 0 Å². The number of aliphatic hydroxyl groups is 1. The van der Waals surface area contributed by atoms with Gasteiger partial charge in [-0.2, -0.15) is 0 Å². The number of nitrogens with two attached hydrogens (primary N) is 1. The molecule has 1 atom stereocenters. The molecule has 0 aliphatic heterocycles. The smallest absolute Gasteiger partial charge is 0.252 e. The van der Waals surface area contributed by atoms with Crippen LogP contribution in [0.3, 0.4) is 0 Å². The third-order valence-electron chi connectivity index (χ3n) is 4.63. The van der Waals surface area contributed by atoms with Crippen LogP contribution in [-0.2, 0) is 0 Å². The van der Waals surface area contributed by atoms with Crippen molar-refractivity contribution >= 4 is 5.91 Å². The van der Waals surface area contributed by atoms with Crippen LogP contribution in [0.25, 0.3) is 11.1 Å². The summed E-state index contributed by atoms with van der Waals surface area (Å²) >= 11 is 0. The lowest BCUT2D eigenvalue weighted by Gasteiger charge is -2.24. The fourth-order valence-electron chi connectivity index (χ4n) is 3.43. The van der Waals surface area contributed by atoms with E-state index in [4.69, 9.17) is 10.5 Å². The molecule has 0 saturated heterocycles. The molecular weight excluding hydrogens is 340 g/mol. The van der Waals surface area contributed by atoms with Crippen molar-refractivity contribution in [2.75, 3.05) is 13.7 Å². The molecule has 1 aromatic heterocycles. The molecule has 3 N–H and O–H groups in total. The van der Waals surface area contributed by atoms with E-state index in [0.717, 1.165) is 22.3 Å². The topological polar surface area (TPSA) is 85.4 Å². The molecule has 2 aromatic carbocycles. The summed E-state index contributed by atoms with van der Waals surface area (Å²) < 4.78 is 5.65. The van der Waals surface area contributed by atoms with Crippen molar-refractivity contribution in [2.24, 2.45) is 5.73 Å². The van der Waals surface area contributed by atoms with Crippen LogP contribution in [0.4, 0.5) is 0 Å². The Labute approximate surface area is 158 Å². The summed E-state index contributed by atoms with van der Waals surface area (Å²) in [5.41, 5.74) is 9.64. The average Bonchev–Trinajstić information content (AvgIpc) is 2.72. The molecule has 1 amide bonds. The Morgan fingerprint density at radius 2 is 1.81 bits per heavy atom. The minimum absolute atomic E-state index is 0.000695. The van der Waals surface area contributed by atoms with Gasteiger partial charge in [0.1, 0.15) is 5.75 Å². The molecule has 3 aromatic rings. The highest BCUT2D eigenvalue weighted by Crippen LogP contribution is 2.42. The zero-order valence-corrected chi connectivity index (χ0v) is 15.1. The largest absolute Gasteiger partial charge is 0.496 e. The summed E-state index contributed by atoms with van der Waals surface area (Å²) in [6, 6.07) is 17.2. The highest BCUT2D eigenvalue weighted by atomic mass is 16.5. The van der Waals surface area contributed by atoms with Gasteiger partial charge in [-0.05, 0) is 41.3 Å². The number of hydrogen-bond acceptors (Lipinski definition) is 4. The van der Waals surface area contributed by atoms with Crippen molar-refractivity contribution in [1.82, 2.24) is 4.98 Å². The summed E-state index contributed by atoms with van der Waals surface area (Å²) in [6.07, 6.45) is 3.93. The fraction of sp³-hybridized carbons (Fsp3) is 0.182. The summed E-state index contributed by atoms with van der Waals surface area (Å²) in [5.74, 6) is -0.266. The highest BCUT2D eigenvalue weighted by Gasteiger charge is 2.26. The van der Waals surface area contributed by atoms with Crippen LogP contribution in [0.1, 0.15) is 33.8 Å². The lowest BCUT2D eigenvalue weighted by Crippen LogP contribution is -2.16. The maximum atomic E-state index is 12.0. The van der Waals surface area contributed by atoms with Crippen molar-refractivity contribution in [1.29, 1.82) is 0 Å². The minimum atomic E-state index is -0.551. The van der Waals surface area contributed by atoms with Gasteiger partial charge in [0.2, 0.25) is 0 Å². The van der Waals surface area contributed by atoms with E-state index in [1.807, 2.05) is 48.5 Å². The van der Waals surface area contributed by atoms with Gasteiger partial charge >= 0.3 is 0 Å². The summed E-state index contributed by atoms with van der Waals surface area (Å²) in [5, 5.41) is 9.72. The van der Waals surface area contributed by atoms with Gasteiger partial charge in [0.05, 0.1) is 12.7 Å². The Balaban J connectivity index is 2.32. The number of pyridine rings is 1. The first kappa shape index (κ1) is 18.6. The molecule has 27 heavy (non-hydrogen) atoms. The standard InChI is InChI=1S/C22H22N2O3/c1-27-21-19(22(23)26)8-7-17(16-9-12-24-13-10-16)20(21)18(11-14-25)15-5-3-2-4-6-15/h2-10,12-13,18,25H,11,14H2,1H3,(H2,23,26)/t18-/m1/s1. The predicted octanol–water partition coefficient (Wildman–Crippen LogP) is 3.37. The van der Waals surface area contributed by atoms with Gasteiger partial charge in [0, 0.05) is 30.5 Å². The zero-order valence-electron chi connectivity index (χ0n) is 15.1. The van der Waals surface area contributed by atoms with E-state index in [1.54, 1.807) is 18.5 Å². The molecule has 5 heteroatoms. The van der Waals surface area contributed by atoms with Crippen LogP contribution in [0.2, 0.25) is 0 Å². The molecule has 0 fully saturated rings. The molecule has 1 heterocycles. The number of hydrogen-bond donors (Lipinski definition) is 2. The minimum Gasteiger partial charge on any atom is -0.496 e. The van der Waals surface area contributed by atoms with Gasteiger partial charge in [-0.1, -0.05) is 36.4 Å². The number of aromatic nitrogens is 1.